The molecule has 0 saturated heterocycles. The second-order valence-corrected chi connectivity index (χ2v) is 6.86. The highest BCUT2D eigenvalue weighted by atomic mass is 32.2. The van der Waals surface area contributed by atoms with Crippen molar-refractivity contribution in [2.45, 2.75) is 38.5 Å². The molecule has 1 N–H and O–H groups in total. The van der Waals surface area contributed by atoms with Gasteiger partial charge in [-0.1, -0.05) is 37.3 Å². The van der Waals surface area contributed by atoms with Crippen LogP contribution in [0.15, 0.2) is 30.3 Å². The molecule has 0 spiro atoms. The summed E-state index contributed by atoms with van der Waals surface area (Å²) in [7, 11) is -2.97. The monoisotopic (exact) mass is 269 g/mol. The Kier molecular flexibility index (Phi) is 6.36. The minimum Gasteiger partial charge on any atom is -0.315 e. The van der Waals surface area contributed by atoms with Gasteiger partial charge in [0.25, 0.3) is 0 Å². The van der Waals surface area contributed by atoms with E-state index in [1.165, 1.54) is 0 Å². The Bertz CT molecular complexity index is 428. The van der Waals surface area contributed by atoms with Crippen LogP contribution >= 0.6 is 0 Å². The normalized spacial score (nSPS) is 13.4. The molecular weight excluding hydrogens is 246 g/mol. The van der Waals surface area contributed by atoms with Gasteiger partial charge in [-0.2, -0.15) is 0 Å². The summed E-state index contributed by atoms with van der Waals surface area (Å²) in [5, 5.41) is 3.29. The summed E-state index contributed by atoms with van der Waals surface area (Å²) >= 11 is 0. The molecule has 0 radical (unpaired) electrons. The zero-order valence-electron chi connectivity index (χ0n) is 11.2. The van der Waals surface area contributed by atoms with Crippen LogP contribution in [0.3, 0.4) is 0 Å². The van der Waals surface area contributed by atoms with E-state index in [1.807, 2.05) is 30.3 Å². The van der Waals surface area contributed by atoms with Crippen molar-refractivity contribution in [2.24, 2.45) is 0 Å². The Morgan fingerprint density at radius 2 is 1.89 bits per heavy atom. The van der Waals surface area contributed by atoms with Crippen molar-refractivity contribution in [2.75, 3.05) is 12.3 Å². The van der Waals surface area contributed by atoms with Crippen molar-refractivity contribution in [3.63, 3.8) is 0 Å². The third-order valence-corrected chi connectivity index (χ3v) is 4.56. The number of hydrogen-bond donors (Lipinski definition) is 1. The van der Waals surface area contributed by atoms with Crippen molar-refractivity contribution in [3.8, 4) is 0 Å². The molecule has 4 heteroatoms. The smallest absolute Gasteiger partial charge is 0.154 e. The Balaban J connectivity index is 2.37. The van der Waals surface area contributed by atoms with Crippen LogP contribution in [0, 0.1) is 0 Å². The lowest BCUT2D eigenvalue weighted by molar-refractivity contribution is 0.520. The molecule has 3 nitrogen and oxygen atoms in total. The molecule has 1 aromatic rings. The first-order valence-corrected chi connectivity index (χ1v) is 8.33. The van der Waals surface area contributed by atoms with Gasteiger partial charge in [0.2, 0.25) is 0 Å². The average Bonchev–Trinajstić information content (AvgIpc) is 2.29. The number of sulfone groups is 1. The molecule has 0 aromatic heterocycles. The van der Waals surface area contributed by atoms with Gasteiger partial charge in [-0.05, 0) is 31.9 Å². The van der Waals surface area contributed by atoms with Gasteiger partial charge in [-0.25, -0.2) is 8.42 Å². The van der Waals surface area contributed by atoms with Gasteiger partial charge in [0.1, 0.15) is 0 Å². The predicted molar refractivity (Wildman–Crippen MR) is 76.3 cm³/mol. The molecule has 0 aliphatic heterocycles. The fourth-order valence-electron chi connectivity index (χ4n) is 1.96. The summed E-state index contributed by atoms with van der Waals surface area (Å²) in [4.78, 5) is 0. The predicted octanol–water partition coefficient (Wildman–Crippen LogP) is 2.38. The second kappa shape index (κ2) is 7.54. The molecule has 0 saturated carbocycles. The van der Waals surface area contributed by atoms with E-state index in [2.05, 4.69) is 19.2 Å². The van der Waals surface area contributed by atoms with Crippen LogP contribution in [0.2, 0.25) is 0 Å². The molecule has 0 aliphatic carbocycles. The van der Waals surface area contributed by atoms with Gasteiger partial charge in [0.15, 0.2) is 9.84 Å². The molecule has 102 valence electrons. The second-order valence-electron chi connectivity index (χ2n) is 4.68. The first-order chi connectivity index (χ1) is 8.53. The molecule has 0 heterocycles. The summed E-state index contributed by atoms with van der Waals surface area (Å²) in [6, 6.07) is 9.75. The topological polar surface area (TPSA) is 46.2 Å². The molecule has 0 amide bonds. The molecular formula is C14H23NO2S. The zero-order valence-corrected chi connectivity index (χ0v) is 12.0. The Hall–Kier alpha value is -0.870. The van der Waals surface area contributed by atoms with Crippen LogP contribution in [0.5, 0.6) is 0 Å². The first-order valence-electron chi connectivity index (χ1n) is 6.51. The third-order valence-electron chi connectivity index (χ3n) is 2.87. The first kappa shape index (κ1) is 15.2. The molecule has 0 fully saturated rings. The molecule has 18 heavy (non-hydrogen) atoms. The highest BCUT2D eigenvalue weighted by Gasteiger charge is 2.12. The largest absolute Gasteiger partial charge is 0.315 e. The minimum atomic E-state index is -2.97. The molecule has 0 bridgehead atoms. The van der Waals surface area contributed by atoms with Crippen LogP contribution in [0.1, 0.15) is 32.3 Å². The molecule has 0 aliphatic rings. The van der Waals surface area contributed by atoms with Crippen LogP contribution < -0.4 is 5.32 Å². The maximum atomic E-state index is 11.9. The van der Waals surface area contributed by atoms with E-state index < -0.39 is 9.84 Å². The third kappa shape index (κ3) is 6.17. The van der Waals surface area contributed by atoms with Gasteiger partial charge in [0, 0.05) is 6.04 Å². The maximum Gasteiger partial charge on any atom is 0.154 e. The maximum absolute atomic E-state index is 11.9. The van der Waals surface area contributed by atoms with E-state index in [1.54, 1.807) is 0 Å². The molecule has 1 rings (SSSR count). The summed E-state index contributed by atoms with van der Waals surface area (Å²) in [5.41, 5.74) is 0.872. The lowest BCUT2D eigenvalue weighted by Gasteiger charge is -2.11. The van der Waals surface area contributed by atoms with E-state index in [4.69, 9.17) is 0 Å². The van der Waals surface area contributed by atoms with E-state index in [0.29, 0.717) is 6.04 Å². The van der Waals surface area contributed by atoms with Gasteiger partial charge in [-0.3, -0.25) is 0 Å². The fourth-order valence-corrected chi connectivity index (χ4v) is 3.41. The van der Waals surface area contributed by atoms with Crippen molar-refractivity contribution in [1.29, 1.82) is 0 Å². The summed E-state index contributed by atoms with van der Waals surface area (Å²) < 4.78 is 23.8. The standard InChI is InChI=1S/C14H23NO2S/c1-3-15-13(2)8-7-11-18(16,17)12-14-9-5-4-6-10-14/h4-6,9-10,13,15H,3,7-8,11-12H2,1-2H3. The number of rotatable bonds is 8. The van der Waals surface area contributed by atoms with E-state index in [-0.39, 0.29) is 11.5 Å². The van der Waals surface area contributed by atoms with Crippen molar-refractivity contribution in [1.82, 2.24) is 5.32 Å². The van der Waals surface area contributed by atoms with Crippen LogP contribution in [0.25, 0.3) is 0 Å². The van der Waals surface area contributed by atoms with Crippen LogP contribution in [0.4, 0.5) is 0 Å². The number of benzene rings is 1. The lowest BCUT2D eigenvalue weighted by atomic mass is 10.2. The SMILES string of the molecule is CCNC(C)CCCS(=O)(=O)Cc1ccccc1. The van der Waals surface area contributed by atoms with Gasteiger partial charge >= 0.3 is 0 Å². The van der Waals surface area contributed by atoms with Gasteiger partial charge in [-0.15, -0.1) is 0 Å². The summed E-state index contributed by atoms with van der Waals surface area (Å²) in [6.45, 7) is 5.08. The molecule has 1 aromatic carbocycles. The summed E-state index contributed by atoms with van der Waals surface area (Å²) in [6.07, 6.45) is 1.63. The Labute approximate surface area is 111 Å². The van der Waals surface area contributed by atoms with Crippen LogP contribution in [-0.4, -0.2) is 26.8 Å². The van der Waals surface area contributed by atoms with Crippen molar-refractivity contribution in [3.05, 3.63) is 35.9 Å². The van der Waals surface area contributed by atoms with Crippen molar-refractivity contribution < 1.29 is 8.42 Å². The Morgan fingerprint density at radius 3 is 2.50 bits per heavy atom. The zero-order chi connectivity index (χ0) is 13.4. The van der Waals surface area contributed by atoms with E-state index >= 15 is 0 Å². The molecule has 1 unspecified atom stereocenters. The van der Waals surface area contributed by atoms with Gasteiger partial charge in [0.05, 0.1) is 11.5 Å². The van der Waals surface area contributed by atoms with Crippen LogP contribution in [-0.2, 0) is 15.6 Å². The Morgan fingerprint density at radius 1 is 1.22 bits per heavy atom. The fraction of sp³-hybridized carbons (Fsp3) is 0.571. The van der Waals surface area contributed by atoms with E-state index in [9.17, 15) is 8.42 Å². The number of hydrogen-bond acceptors (Lipinski definition) is 3. The highest BCUT2D eigenvalue weighted by Crippen LogP contribution is 2.08. The minimum absolute atomic E-state index is 0.156. The van der Waals surface area contributed by atoms with Crippen molar-refractivity contribution >= 4 is 9.84 Å². The highest BCUT2D eigenvalue weighted by molar-refractivity contribution is 7.90. The average molecular weight is 269 g/mol. The quantitative estimate of drug-likeness (QED) is 0.788. The summed E-state index contributed by atoms with van der Waals surface area (Å²) in [5.74, 6) is 0.432. The molecule has 1 atom stereocenters. The van der Waals surface area contributed by atoms with Gasteiger partial charge < -0.3 is 5.32 Å². The van der Waals surface area contributed by atoms with E-state index in [0.717, 1.165) is 24.9 Å². The lowest BCUT2D eigenvalue weighted by Crippen LogP contribution is -2.26. The number of nitrogens with one attached hydrogen (secondary N) is 1.